The van der Waals surface area contributed by atoms with Gasteiger partial charge >= 0.3 is 0 Å². The number of carbonyl (C=O) groups excluding carboxylic acids is 2. The van der Waals surface area contributed by atoms with Crippen molar-refractivity contribution in [3.63, 3.8) is 0 Å². The normalized spacial score (nSPS) is 27.8. The van der Waals surface area contributed by atoms with E-state index in [4.69, 9.17) is 10.5 Å². The summed E-state index contributed by atoms with van der Waals surface area (Å²) < 4.78 is 6.41. The molecule has 0 saturated heterocycles. The number of anilines is 1. The third-order valence-corrected chi connectivity index (χ3v) is 5.62. The van der Waals surface area contributed by atoms with Gasteiger partial charge in [0.05, 0.1) is 18.5 Å². The lowest BCUT2D eigenvalue weighted by Gasteiger charge is -2.43. The van der Waals surface area contributed by atoms with Crippen molar-refractivity contribution in [3.8, 4) is 0 Å². The van der Waals surface area contributed by atoms with Gasteiger partial charge in [0.15, 0.2) is 0 Å². The molecule has 2 fully saturated rings. The minimum atomic E-state index is -0.142. The molecule has 8 nitrogen and oxygen atoms in total. The first-order chi connectivity index (χ1) is 12.6. The zero-order valence-electron chi connectivity index (χ0n) is 15.3. The average Bonchev–Trinajstić information content (AvgIpc) is 3.01. The van der Waals surface area contributed by atoms with Gasteiger partial charge < -0.3 is 21.1 Å². The number of ether oxygens (including phenoxy) is 1. The van der Waals surface area contributed by atoms with E-state index in [0.29, 0.717) is 30.7 Å². The second kappa shape index (κ2) is 8.64. The number of carbonyl (C=O) groups is 2. The van der Waals surface area contributed by atoms with Crippen LogP contribution in [0.2, 0.25) is 0 Å². The van der Waals surface area contributed by atoms with Crippen LogP contribution in [0.5, 0.6) is 0 Å². The van der Waals surface area contributed by atoms with Gasteiger partial charge in [0, 0.05) is 31.8 Å². The molecule has 2 bridgehead atoms. The van der Waals surface area contributed by atoms with Crippen LogP contribution >= 0.6 is 0 Å². The number of rotatable bonds is 7. The van der Waals surface area contributed by atoms with Crippen LogP contribution in [0.15, 0.2) is 12.4 Å². The fourth-order valence-electron chi connectivity index (χ4n) is 4.26. The number of methoxy groups -OCH3 is 1. The summed E-state index contributed by atoms with van der Waals surface area (Å²) in [6.07, 6.45) is 8.52. The van der Waals surface area contributed by atoms with E-state index in [0.717, 1.165) is 25.7 Å². The van der Waals surface area contributed by atoms with Crippen LogP contribution in [0.25, 0.3) is 0 Å². The highest BCUT2D eigenvalue weighted by atomic mass is 16.5. The first kappa shape index (κ1) is 18.8. The third kappa shape index (κ3) is 4.62. The minimum absolute atomic E-state index is 0.0193. The van der Waals surface area contributed by atoms with Gasteiger partial charge in [-0.15, -0.1) is 0 Å². The smallest absolute Gasteiger partial charge is 0.241 e. The number of nitrogens with one attached hydrogen (secondary N) is 2. The Labute approximate surface area is 153 Å². The predicted octanol–water partition coefficient (Wildman–Crippen LogP) is 0.738. The van der Waals surface area contributed by atoms with Crippen LogP contribution in [-0.4, -0.2) is 47.9 Å². The number of aromatic nitrogens is 2. The van der Waals surface area contributed by atoms with Crippen molar-refractivity contribution in [2.24, 2.45) is 23.5 Å². The zero-order chi connectivity index (χ0) is 18.5. The Morgan fingerprint density at radius 1 is 1.35 bits per heavy atom. The Hall–Kier alpha value is -1.93. The van der Waals surface area contributed by atoms with Gasteiger partial charge in [-0.3, -0.25) is 14.3 Å². The SMILES string of the molecule is COCCNC(=O)Cn1cc(NC(=O)C2CC3CCCC(C2)C3N)cn1. The summed E-state index contributed by atoms with van der Waals surface area (Å²) in [6, 6.07) is 0.257. The van der Waals surface area contributed by atoms with Crippen LogP contribution in [0.3, 0.4) is 0 Å². The van der Waals surface area contributed by atoms with Crippen LogP contribution in [-0.2, 0) is 20.9 Å². The topological polar surface area (TPSA) is 111 Å². The number of nitrogens with zero attached hydrogens (tertiary/aromatic N) is 2. The maximum Gasteiger partial charge on any atom is 0.241 e. The second-order valence-electron chi connectivity index (χ2n) is 7.46. The lowest BCUT2D eigenvalue weighted by Crippen LogP contribution is -2.48. The van der Waals surface area contributed by atoms with Crippen LogP contribution < -0.4 is 16.4 Å². The second-order valence-corrected chi connectivity index (χ2v) is 7.46. The first-order valence-electron chi connectivity index (χ1n) is 9.41. The lowest BCUT2D eigenvalue weighted by atomic mass is 9.65. The lowest BCUT2D eigenvalue weighted by molar-refractivity contribution is -0.123. The van der Waals surface area contributed by atoms with Crippen molar-refractivity contribution in [1.82, 2.24) is 15.1 Å². The third-order valence-electron chi connectivity index (χ3n) is 5.62. The number of fused-ring (bicyclic) bond motifs is 2. The van der Waals surface area contributed by atoms with E-state index in [9.17, 15) is 9.59 Å². The molecule has 2 unspecified atom stereocenters. The van der Waals surface area contributed by atoms with E-state index in [1.165, 1.54) is 11.1 Å². The first-order valence-corrected chi connectivity index (χ1v) is 9.41. The number of hydrogen-bond acceptors (Lipinski definition) is 5. The molecule has 144 valence electrons. The molecule has 0 spiro atoms. The standard InChI is InChI=1S/C18H29N5O3/c1-26-6-5-20-16(24)11-23-10-15(9-21-23)22-18(25)14-7-12-3-2-4-13(8-14)17(12)19/h9-10,12-14,17H,2-8,11,19H2,1H3,(H,20,24)(H,22,25). The summed E-state index contributed by atoms with van der Waals surface area (Å²) in [7, 11) is 1.59. The zero-order valence-corrected chi connectivity index (χ0v) is 15.3. The molecule has 8 heteroatoms. The molecule has 2 atom stereocenters. The maximum atomic E-state index is 12.6. The van der Waals surface area contributed by atoms with Crippen molar-refractivity contribution in [3.05, 3.63) is 12.4 Å². The van der Waals surface area contributed by atoms with Gasteiger partial charge in [-0.25, -0.2) is 0 Å². The number of nitrogens with two attached hydrogens (primary N) is 1. The van der Waals surface area contributed by atoms with Crippen molar-refractivity contribution in [2.45, 2.75) is 44.7 Å². The summed E-state index contributed by atoms with van der Waals surface area (Å²) in [6.45, 7) is 1.05. The predicted molar refractivity (Wildman–Crippen MR) is 97.3 cm³/mol. The van der Waals surface area contributed by atoms with Gasteiger partial charge in [0.2, 0.25) is 11.8 Å². The summed E-state index contributed by atoms with van der Waals surface area (Å²) in [5.74, 6) is 0.856. The van der Waals surface area contributed by atoms with E-state index < -0.39 is 0 Å². The molecular weight excluding hydrogens is 334 g/mol. The van der Waals surface area contributed by atoms with Crippen molar-refractivity contribution < 1.29 is 14.3 Å². The van der Waals surface area contributed by atoms with Crippen LogP contribution in [0.4, 0.5) is 5.69 Å². The molecule has 0 radical (unpaired) electrons. The molecule has 2 aliphatic rings. The molecule has 1 heterocycles. The molecule has 26 heavy (non-hydrogen) atoms. The minimum Gasteiger partial charge on any atom is -0.383 e. The molecule has 0 aliphatic heterocycles. The molecule has 0 aromatic carbocycles. The van der Waals surface area contributed by atoms with E-state index in [1.807, 2.05) is 0 Å². The van der Waals surface area contributed by atoms with Crippen molar-refractivity contribution in [1.29, 1.82) is 0 Å². The Balaban J connectivity index is 1.49. The highest BCUT2D eigenvalue weighted by Crippen LogP contribution is 2.42. The molecule has 1 aromatic rings. The Morgan fingerprint density at radius 3 is 2.77 bits per heavy atom. The summed E-state index contributed by atoms with van der Waals surface area (Å²) >= 11 is 0. The van der Waals surface area contributed by atoms with Gasteiger partial charge in [-0.2, -0.15) is 5.10 Å². The highest BCUT2D eigenvalue weighted by molar-refractivity contribution is 5.92. The molecule has 2 aliphatic carbocycles. The Kier molecular flexibility index (Phi) is 6.26. The number of amides is 2. The number of hydrogen-bond donors (Lipinski definition) is 3. The average molecular weight is 363 g/mol. The van der Waals surface area contributed by atoms with Gasteiger partial charge in [-0.05, 0) is 37.5 Å². The monoisotopic (exact) mass is 363 g/mol. The fraction of sp³-hybridized carbons (Fsp3) is 0.722. The Morgan fingerprint density at radius 2 is 2.08 bits per heavy atom. The maximum absolute atomic E-state index is 12.6. The molecule has 2 saturated carbocycles. The summed E-state index contributed by atoms with van der Waals surface area (Å²) in [5.41, 5.74) is 6.93. The van der Waals surface area contributed by atoms with E-state index in [-0.39, 0.29) is 30.3 Å². The van der Waals surface area contributed by atoms with Crippen LogP contribution in [0, 0.1) is 17.8 Å². The van der Waals surface area contributed by atoms with E-state index in [1.54, 1.807) is 19.5 Å². The summed E-state index contributed by atoms with van der Waals surface area (Å²) in [5, 5.41) is 9.83. The van der Waals surface area contributed by atoms with Gasteiger partial charge in [0.25, 0.3) is 0 Å². The molecule has 4 N–H and O–H groups in total. The molecule has 1 aromatic heterocycles. The largest absolute Gasteiger partial charge is 0.383 e. The van der Waals surface area contributed by atoms with Crippen LogP contribution in [0.1, 0.15) is 32.1 Å². The Bertz CT molecular complexity index is 618. The van der Waals surface area contributed by atoms with Gasteiger partial charge in [-0.1, -0.05) is 6.42 Å². The van der Waals surface area contributed by atoms with E-state index >= 15 is 0 Å². The highest BCUT2D eigenvalue weighted by Gasteiger charge is 2.40. The molecule has 3 rings (SSSR count). The van der Waals surface area contributed by atoms with Gasteiger partial charge in [0.1, 0.15) is 6.54 Å². The van der Waals surface area contributed by atoms with Crippen molar-refractivity contribution >= 4 is 17.5 Å². The summed E-state index contributed by atoms with van der Waals surface area (Å²) in [4.78, 5) is 24.4. The fourth-order valence-corrected chi connectivity index (χ4v) is 4.26. The van der Waals surface area contributed by atoms with Crippen molar-refractivity contribution in [2.75, 3.05) is 25.6 Å². The van der Waals surface area contributed by atoms with E-state index in [2.05, 4.69) is 15.7 Å². The quantitative estimate of drug-likeness (QED) is 0.619. The molecule has 2 amide bonds. The molecular formula is C18H29N5O3.